The van der Waals surface area contributed by atoms with Gasteiger partial charge in [-0.15, -0.1) is 0 Å². The second-order valence-corrected chi connectivity index (χ2v) is 6.23. The fraction of sp³-hybridized carbons (Fsp3) is 0.278. The van der Waals surface area contributed by atoms with Crippen molar-refractivity contribution in [3.8, 4) is 0 Å². The lowest BCUT2D eigenvalue weighted by molar-refractivity contribution is 0.0953. The van der Waals surface area contributed by atoms with Gasteiger partial charge in [-0.1, -0.05) is 49.0 Å². The van der Waals surface area contributed by atoms with Gasteiger partial charge in [-0.05, 0) is 30.7 Å². The summed E-state index contributed by atoms with van der Waals surface area (Å²) < 4.78 is 0. The molecule has 0 atom stereocenters. The minimum absolute atomic E-state index is 0.122. The van der Waals surface area contributed by atoms with Gasteiger partial charge in [-0.2, -0.15) is 0 Å². The molecule has 0 bridgehead atoms. The molecule has 2 N–H and O–H groups in total. The number of amides is 2. The molecule has 1 aromatic heterocycles. The molecule has 0 aliphatic carbocycles. The summed E-state index contributed by atoms with van der Waals surface area (Å²) in [6.45, 7) is 2.70. The number of rotatable bonds is 7. The van der Waals surface area contributed by atoms with Crippen molar-refractivity contribution in [3.63, 3.8) is 0 Å². The van der Waals surface area contributed by atoms with E-state index in [0.717, 1.165) is 19.3 Å². The van der Waals surface area contributed by atoms with Crippen molar-refractivity contribution in [2.24, 2.45) is 0 Å². The first-order chi connectivity index (χ1) is 12.0. The number of nitrogens with one attached hydrogen (secondary N) is 2. The second-order valence-electron chi connectivity index (χ2n) is 5.45. The molecule has 0 fully saturated rings. The van der Waals surface area contributed by atoms with Gasteiger partial charge in [0.2, 0.25) is 0 Å². The number of carbonyl (C=O) groups excluding carboxylic acids is 2. The smallest absolute Gasteiger partial charge is 0.274 e. The van der Waals surface area contributed by atoms with Gasteiger partial charge in [0.25, 0.3) is 11.8 Å². The molecule has 0 aliphatic heterocycles. The highest BCUT2D eigenvalue weighted by atomic mass is 35.5. The van der Waals surface area contributed by atoms with E-state index in [1.807, 2.05) is 0 Å². The predicted octanol–water partition coefficient (Wildman–Crippen LogP) is 4.56. The summed E-state index contributed by atoms with van der Waals surface area (Å²) in [5.74, 6) is -0.696. The van der Waals surface area contributed by atoms with Crippen LogP contribution in [-0.4, -0.2) is 23.3 Å². The Kier molecular flexibility index (Phi) is 7.22. The summed E-state index contributed by atoms with van der Waals surface area (Å²) in [4.78, 5) is 28.5. The van der Waals surface area contributed by atoms with Crippen molar-refractivity contribution in [2.45, 2.75) is 26.2 Å². The van der Waals surface area contributed by atoms with Crippen LogP contribution in [0.2, 0.25) is 10.0 Å². The van der Waals surface area contributed by atoms with Gasteiger partial charge < -0.3 is 10.6 Å². The Hall–Kier alpha value is -2.11. The van der Waals surface area contributed by atoms with Crippen LogP contribution in [0.25, 0.3) is 0 Å². The Labute approximate surface area is 156 Å². The van der Waals surface area contributed by atoms with Gasteiger partial charge in [0.1, 0.15) is 5.69 Å². The van der Waals surface area contributed by atoms with Crippen LogP contribution in [0, 0.1) is 0 Å². The predicted molar refractivity (Wildman–Crippen MR) is 101 cm³/mol. The van der Waals surface area contributed by atoms with E-state index in [2.05, 4.69) is 22.5 Å². The summed E-state index contributed by atoms with van der Waals surface area (Å²) >= 11 is 12.0. The normalized spacial score (nSPS) is 10.4. The first kappa shape index (κ1) is 19.2. The van der Waals surface area contributed by atoms with Crippen LogP contribution in [0.5, 0.6) is 0 Å². The topological polar surface area (TPSA) is 71.1 Å². The maximum Gasteiger partial charge on any atom is 0.274 e. The van der Waals surface area contributed by atoms with E-state index >= 15 is 0 Å². The highest BCUT2D eigenvalue weighted by molar-refractivity contribution is 6.44. The van der Waals surface area contributed by atoms with E-state index in [9.17, 15) is 9.59 Å². The molecule has 2 aromatic rings. The van der Waals surface area contributed by atoms with Gasteiger partial charge in [0, 0.05) is 18.3 Å². The van der Waals surface area contributed by atoms with Crippen LogP contribution in [0.15, 0.2) is 36.5 Å². The zero-order valence-corrected chi connectivity index (χ0v) is 15.3. The van der Waals surface area contributed by atoms with Crippen LogP contribution < -0.4 is 10.6 Å². The summed E-state index contributed by atoms with van der Waals surface area (Å²) in [7, 11) is 0. The van der Waals surface area contributed by atoms with E-state index in [4.69, 9.17) is 23.2 Å². The minimum atomic E-state index is -0.468. The van der Waals surface area contributed by atoms with E-state index in [-0.39, 0.29) is 16.6 Å². The van der Waals surface area contributed by atoms with Crippen molar-refractivity contribution in [2.75, 3.05) is 11.9 Å². The number of carbonyl (C=O) groups is 2. The minimum Gasteiger partial charge on any atom is -0.352 e. The van der Waals surface area contributed by atoms with Gasteiger partial charge in [-0.25, -0.2) is 0 Å². The molecule has 0 radical (unpaired) electrons. The molecule has 0 aliphatic rings. The van der Waals surface area contributed by atoms with Crippen LogP contribution >= 0.6 is 23.2 Å². The Morgan fingerprint density at radius 2 is 1.92 bits per heavy atom. The van der Waals surface area contributed by atoms with Gasteiger partial charge in [-0.3, -0.25) is 14.6 Å². The van der Waals surface area contributed by atoms with Crippen LogP contribution in [-0.2, 0) is 0 Å². The number of unbranched alkanes of at least 4 members (excludes halogenated alkanes) is 2. The monoisotopic (exact) mass is 379 g/mol. The molecule has 0 saturated carbocycles. The molecule has 2 rings (SSSR count). The molecule has 0 spiro atoms. The number of hydrogen-bond donors (Lipinski definition) is 2. The number of nitrogens with zero attached hydrogens (tertiary/aromatic N) is 1. The summed E-state index contributed by atoms with van der Waals surface area (Å²) in [6.07, 6.45) is 4.50. The Balaban J connectivity index is 2.06. The highest BCUT2D eigenvalue weighted by Gasteiger charge is 2.14. The third-order valence-corrected chi connectivity index (χ3v) is 4.34. The Morgan fingerprint density at radius 1 is 1.12 bits per heavy atom. The Morgan fingerprint density at radius 3 is 2.68 bits per heavy atom. The fourth-order valence-electron chi connectivity index (χ4n) is 2.16. The lowest BCUT2D eigenvalue weighted by atomic mass is 10.2. The first-order valence-electron chi connectivity index (χ1n) is 8.02. The summed E-state index contributed by atoms with van der Waals surface area (Å²) in [5, 5.41) is 6.07. The highest BCUT2D eigenvalue weighted by Crippen LogP contribution is 2.29. The number of halogens is 2. The standard InChI is InChI=1S/C18H19Cl2N3O2/c1-2-3-4-9-22-17(24)12-8-10-21-15(11-12)18(25)23-14-7-5-6-13(19)16(14)20/h5-8,10-11H,2-4,9H2,1H3,(H,22,24)(H,23,25). The quantitative estimate of drug-likeness (QED) is 0.692. The van der Waals surface area contributed by atoms with Crippen molar-refractivity contribution in [3.05, 3.63) is 57.8 Å². The molecule has 7 heteroatoms. The van der Waals surface area contributed by atoms with Crippen LogP contribution in [0.3, 0.4) is 0 Å². The zero-order valence-electron chi connectivity index (χ0n) is 13.8. The van der Waals surface area contributed by atoms with Crippen molar-refractivity contribution < 1.29 is 9.59 Å². The molecular formula is C18H19Cl2N3O2. The maximum atomic E-state index is 12.3. The zero-order chi connectivity index (χ0) is 18.2. The van der Waals surface area contributed by atoms with Crippen molar-refractivity contribution in [1.82, 2.24) is 10.3 Å². The molecule has 1 aromatic carbocycles. The van der Waals surface area contributed by atoms with E-state index in [1.165, 1.54) is 12.3 Å². The largest absolute Gasteiger partial charge is 0.352 e. The van der Waals surface area contributed by atoms with Crippen LogP contribution in [0.4, 0.5) is 5.69 Å². The Bertz CT molecular complexity index is 766. The molecule has 0 saturated heterocycles. The third-order valence-electron chi connectivity index (χ3n) is 3.52. The van der Waals surface area contributed by atoms with Crippen molar-refractivity contribution >= 4 is 40.7 Å². The molecule has 25 heavy (non-hydrogen) atoms. The van der Waals surface area contributed by atoms with Crippen molar-refractivity contribution in [1.29, 1.82) is 0 Å². The molecule has 2 amide bonds. The maximum absolute atomic E-state index is 12.3. The van der Waals surface area contributed by atoms with E-state index in [1.54, 1.807) is 24.3 Å². The molecule has 1 heterocycles. The number of aromatic nitrogens is 1. The number of anilines is 1. The molecule has 5 nitrogen and oxygen atoms in total. The second kappa shape index (κ2) is 9.39. The third kappa shape index (κ3) is 5.44. The molecule has 132 valence electrons. The fourth-order valence-corrected chi connectivity index (χ4v) is 2.51. The molecular weight excluding hydrogens is 361 g/mol. The number of benzene rings is 1. The number of hydrogen-bond acceptors (Lipinski definition) is 3. The number of pyridine rings is 1. The summed E-state index contributed by atoms with van der Waals surface area (Å²) in [6, 6.07) is 7.95. The SMILES string of the molecule is CCCCCNC(=O)c1ccnc(C(=O)Nc2cccc(Cl)c2Cl)c1. The molecule has 0 unspecified atom stereocenters. The average Bonchev–Trinajstić information content (AvgIpc) is 2.62. The first-order valence-corrected chi connectivity index (χ1v) is 8.78. The average molecular weight is 380 g/mol. The van der Waals surface area contributed by atoms with E-state index in [0.29, 0.717) is 22.8 Å². The lowest BCUT2D eigenvalue weighted by Gasteiger charge is -2.09. The van der Waals surface area contributed by atoms with Crippen LogP contribution in [0.1, 0.15) is 47.0 Å². The van der Waals surface area contributed by atoms with Gasteiger partial charge >= 0.3 is 0 Å². The van der Waals surface area contributed by atoms with Gasteiger partial charge in [0.15, 0.2) is 0 Å². The summed E-state index contributed by atoms with van der Waals surface area (Å²) in [5.41, 5.74) is 0.890. The van der Waals surface area contributed by atoms with E-state index < -0.39 is 5.91 Å². The lowest BCUT2D eigenvalue weighted by Crippen LogP contribution is -2.25. The van der Waals surface area contributed by atoms with Gasteiger partial charge in [0.05, 0.1) is 15.7 Å².